The number of furan rings is 1. The van der Waals surface area contributed by atoms with E-state index in [0.717, 1.165) is 12.1 Å². The van der Waals surface area contributed by atoms with Crippen molar-refractivity contribution >= 4 is 22.6 Å². The fraction of sp³-hybridized carbons (Fsp3) is 0.0625. The van der Waals surface area contributed by atoms with Gasteiger partial charge >= 0.3 is 0 Å². The standard InChI is InChI=1S/C16H11F2NO3/c1-21-13-4-2-3-9-7-14(22-15(9)13)16(20)19-10-5-6-11(17)12(18)8-10/h2-8H,1H3,(H,19,20). The van der Waals surface area contributed by atoms with Gasteiger partial charge in [0.25, 0.3) is 5.91 Å². The van der Waals surface area contributed by atoms with Crippen molar-refractivity contribution in [3.63, 3.8) is 0 Å². The second kappa shape index (κ2) is 5.48. The van der Waals surface area contributed by atoms with Gasteiger partial charge in [-0.15, -0.1) is 0 Å². The Morgan fingerprint density at radius 3 is 2.68 bits per heavy atom. The number of rotatable bonds is 3. The molecule has 0 bridgehead atoms. The lowest BCUT2D eigenvalue weighted by Gasteiger charge is -2.03. The lowest BCUT2D eigenvalue weighted by molar-refractivity contribution is 0.0998. The van der Waals surface area contributed by atoms with Crippen molar-refractivity contribution in [1.82, 2.24) is 0 Å². The van der Waals surface area contributed by atoms with Crippen LogP contribution in [0.15, 0.2) is 46.9 Å². The van der Waals surface area contributed by atoms with Crippen LogP contribution >= 0.6 is 0 Å². The average molecular weight is 303 g/mol. The number of carbonyl (C=O) groups is 1. The molecule has 6 heteroatoms. The highest BCUT2D eigenvalue weighted by Gasteiger charge is 2.15. The maximum atomic E-state index is 13.1. The number of fused-ring (bicyclic) bond motifs is 1. The van der Waals surface area contributed by atoms with Crippen molar-refractivity contribution in [3.05, 3.63) is 59.9 Å². The molecule has 1 aromatic heterocycles. The number of hydrogen-bond acceptors (Lipinski definition) is 3. The van der Waals surface area contributed by atoms with Gasteiger partial charge in [0.15, 0.2) is 28.7 Å². The first-order chi connectivity index (χ1) is 10.6. The summed E-state index contributed by atoms with van der Waals surface area (Å²) < 4.78 is 36.6. The summed E-state index contributed by atoms with van der Waals surface area (Å²) >= 11 is 0. The van der Waals surface area contributed by atoms with Crippen molar-refractivity contribution in [2.24, 2.45) is 0 Å². The van der Waals surface area contributed by atoms with Gasteiger partial charge in [-0.3, -0.25) is 4.79 Å². The Balaban J connectivity index is 1.90. The summed E-state index contributed by atoms with van der Waals surface area (Å²) in [5.41, 5.74) is 0.580. The van der Waals surface area contributed by atoms with Crippen LogP contribution in [-0.4, -0.2) is 13.0 Å². The molecule has 0 saturated heterocycles. The quantitative estimate of drug-likeness (QED) is 0.796. The van der Waals surface area contributed by atoms with Crippen LogP contribution in [0.2, 0.25) is 0 Å². The Hall–Kier alpha value is -2.89. The maximum Gasteiger partial charge on any atom is 0.291 e. The van der Waals surface area contributed by atoms with Crippen molar-refractivity contribution in [1.29, 1.82) is 0 Å². The molecule has 1 amide bonds. The van der Waals surface area contributed by atoms with Gasteiger partial charge in [0.2, 0.25) is 0 Å². The van der Waals surface area contributed by atoms with Crippen LogP contribution in [-0.2, 0) is 0 Å². The summed E-state index contributed by atoms with van der Waals surface area (Å²) in [6.07, 6.45) is 0. The lowest BCUT2D eigenvalue weighted by Crippen LogP contribution is -2.11. The maximum absolute atomic E-state index is 13.1. The predicted octanol–water partition coefficient (Wildman–Crippen LogP) is 3.97. The molecule has 112 valence electrons. The van der Waals surface area contributed by atoms with E-state index in [1.807, 2.05) is 0 Å². The van der Waals surface area contributed by atoms with Crippen molar-refractivity contribution in [2.75, 3.05) is 12.4 Å². The third kappa shape index (κ3) is 2.50. The van der Waals surface area contributed by atoms with Crippen LogP contribution in [0.1, 0.15) is 10.6 Å². The Bertz CT molecular complexity index is 858. The molecule has 3 aromatic rings. The highest BCUT2D eigenvalue weighted by atomic mass is 19.2. The van der Waals surface area contributed by atoms with E-state index in [4.69, 9.17) is 9.15 Å². The van der Waals surface area contributed by atoms with Crippen LogP contribution in [0.4, 0.5) is 14.5 Å². The van der Waals surface area contributed by atoms with Crippen LogP contribution < -0.4 is 10.1 Å². The molecule has 0 spiro atoms. The molecule has 1 heterocycles. The summed E-state index contributed by atoms with van der Waals surface area (Å²) in [7, 11) is 1.50. The second-order valence-electron chi connectivity index (χ2n) is 4.57. The molecule has 0 fully saturated rings. The van der Waals surface area contributed by atoms with E-state index in [1.54, 1.807) is 24.3 Å². The van der Waals surface area contributed by atoms with E-state index in [2.05, 4.69) is 5.32 Å². The SMILES string of the molecule is COc1cccc2cc(C(=O)Nc3ccc(F)c(F)c3)oc12. The zero-order chi connectivity index (χ0) is 15.7. The van der Waals surface area contributed by atoms with Gasteiger partial charge in [-0.2, -0.15) is 0 Å². The molecule has 22 heavy (non-hydrogen) atoms. The highest BCUT2D eigenvalue weighted by Crippen LogP contribution is 2.28. The molecule has 0 radical (unpaired) electrons. The molecular formula is C16H11F2NO3. The number of ether oxygens (including phenoxy) is 1. The molecule has 4 nitrogen and oxygen atoms in total. The molecule has 0 aliphatic rings. The normalized spacial score (nSPS) is 10.7. The van der Waals surface area contributed by atoms with Gasteiger partial charge in [-0.05, 0) is 24.3 Å². The minimum atomic E-state index is -1.04. The molecule has 0 saturated carbocycles. The highest BCUT2D eigenvalue weighted by molar-refractivity contribution is 6.05. The molecule has 1 N–H and O–H groups in total. The number of anilines is 1. The summed E-state index contributed by atoms with van der Waals surface area (Å²) in [5.74, 6) is -2.03. The number of benzene rings is 2. The zero-order valence-electron chi connectivity index (χ0n) is 11.5. The molecule has 0 aliphatic heterocycles. The smallest absolute Gasteiger partial charge is 0.291 e. The minimum Gasteiger partial charge on any atom is -0.493 e. The van der Waals surface area contributed by atoms with Crippen LogP contribution in [0.25, 0.3) is 11.0 Å². The number of carbonyl (C=O) groups excluding carboxylic acids is 1. The summed E-state index contributed by atoms with van der Waals surface area (Å²) in [6.45, 7) is 0. The van der Waals surface area contributed by atoms with Crippen molar-refractivity contribution < 1.29 is 22.7 Å². The van der Waals surface area contributed by atoms with Gasteiger partial charge in [-0.1, -0.05) is 12.1 Å². The van der Waals surface area contributed by atoms with Gasteiger partial charge in [0.1, 0.15) is 0 Å². The van der Waals surface area contributed by atoms with Crippen molar-refractivity contribution in [2.45, 2.75) is 0 Å². The summed E-state index contributed by atoms with van der Waals surface area (Å²) in [5, 5.41) is 3.15. The van der Waals surface area contributed by atoms with E-state index in [0.29, 0.717) is 16.7 Å². The fourth-order valence-corrected chi connectivity index (χ4v) is 2.08. The van der Waals surface area contributed by atoms with Gasteiger partial charge in [0, 0.05) is 17.1 Å². The first kappa shape index (κ1) is 14.1. The first-order valence-corrected chi connectivity index (χ1v) is 6.41. The topological polar surface area (TPSA) is 51.5 Å². The van der Waals surface area contributed by atoms with E-state index in [9.17, 15) is 13.6 Å². The monoisotopic (exact) mass is 303 g/mol. The third-order valence-electron chi connectivity index (χ3n) is 3.13. The first-order valence-electron chi connectivity index (χ1n) is 6.41. The van der Waals surface area contributed by atoms with Crippen LogP contribution in [0.5, 0.6) is 5.75 Å². The second-order valence-corrected chi connectivity index (χ2v) is 4.57. The molecule has 0 unspecified atom stereocenters. The van der Waals surface area contributed by atoms with Gasteiger partial charge < -0.3 is 14.5 Å². The molecule has 3 rings (SSSR count). The van der Waals surface area contributed by atoms with E-state index in [1.165, 1.54) is 13.2 Å². The summed E-state index contributed by atoms with van der Waals surface area (Å²) in [4.78, 5) is 12.1. The molecule has 0 atom stereocenters. The van der Waals surface area contributed by atoms with E-state index >= 15 is 0 Å². The number of halogens is 2. The van der Waals surface area contributed by atoms with E-state index in [-0.39, 0.29) is 11.4 Å². The Morgan fingerprint density at radius 2 is 1.95 bits per heavy atom. The predicted molar refractivity (Wildman–Crippen MR) is 77.1 cm³/mol. The van der Waals surface area contributed by atoms with Crippen molar-refractivity contribution in [3.8, 4) is 5.75 Å². The zero-order valence-corrected chi connectivity index (χ0v) is 11.5. The fourth-order valence-electron chi connectivity index (χ4n) is 2.08. The number of amides is 1. The van der Waals surface area contributed by atoms with Crippen LogP contribution in [0.3, 0.4) is 0 Å². The molecule has 0 aliphatic carbocycles. The lowest BCUT2D eigenvalue weighted by atomic mass is 10.2. The third-order valence-corrected chi connectivity index (χ3v) is 3.13. The van der Waals surface area contributed by atoms with Crippen LogP contribution in [0, 0.1) is 11.6 Å². The number of nitrogens with one attached hydrogen (secondary N) is 1. The Labute approximate surface area is 124 Å². The number of hydrogen-bond donors (Lipinski definition) is 1. The van der Waals surface area contributed by atoms with Gasteiger partial charge in [-0.25, -0.2) is 8.78 Å². The van der Waals surface area contributed by atoms with Gasteiger partial charge in [0.05, 0.1) is 7.11 Å². The molecular weight excluding hydrogens is 292 g/mol. The number of para-hydroxylation sites is 1. The molecule has 2 aromatic carbocycles. The largest absolute Gasteiger partial charge is 0.493 e. The Morgan fingerprint density at radius 1 is 1.14 bits per heavy atom. The van der Waals surface area contributed by atoms with E-state index < -0.39 is 17.5 Å². The minimum absolute atomic E-state index is 0.0456. The Kier molecular flexibility index (Phi) is 3.50. The average Bonchev–Trinajstić information content (AvgIpc) is 2.95. The summed E-state index contributed by atoms with van der Waals surface area (Å²) in [6, 6.07) is 9.90. The number of methoxy groups -OCH3 is 1.